The number of likely N-dealkylation sites (tertiary alicyclic amines) is 1. The fraction of sp³-hybridized carbons (Fsp3) is 0.684. The summed E-state index contributed by atoms with van der Waals surface area (Å²) in [4.78, 5) is 19.2. The fourth-order valence-corrected chi connectivity index (χ4v) is 3.82. The summed E-state index contributed by atoms with van der Waals surface area (Å²) in [6.45, 7) is 7.39. The minimum Gasteiger partial charge on any atom is -0.352 e. The molecule has 2 fully saturated rings. The van der Waals surface area contributed by atoms with Gasteiger partial charge in [-0.1, -0.05) is 26.3 Å². The first kappa shape index (κ1) is 16.4. The quantitative estimate of drug-likeness (QED) is 0.878. The lowest BCUT2D eigenvalue weighted by Gasteiger charge is -2.27. The number of nitrogens with one attached hydrogen (secondary N) is 1. The molecule has 4 nitrogen and oxygen atoms in total. The standard InChI is InChI=1S/C19H29N3O/c1-14(2)17-12-22(11-16-8-3-4-9-20-16)13-18(17)21-19(23)10-15-6-5-7-15/h3-4,8-9,14-15,17-18H,5-7,10-13H2,1-2H3,(H,21,23)/t17-,18+/m1/s1. The Kier molecular flexibility index (Phi) is 5.31. The highest BCUT2D eigenvalue weighted by atomic mass is 16.1. The Hall–Kier alpha value is -1.42. The molecule has 4 heteroatoms. The predicted octanol–water partition coefficient (Wildman–Crippen LogP) is 2.84. The number of hydrogen-bond acceptors (Lipinski definition) is 3. The van der Waals surface area contributed by atoms with Crippen LogP contribution in [-0.2, 0) is 11.3 Å². The first-order chi connectivity index (χ1) is 11.1. The Morgan fingerprint density at radius 1 is 1.35 bits per heavy atom. The van der Waals surface area contributed by atoms with Crippen molar-refractivity contribution in [3.05, 3.63) is 30.1 Å². The van der Waals surface area contributed by atoms with Crippen molar-refractivity contribution in [2.45, 2.75) is 52.1 Å². The van der Waals surface area contributed by atoms with Gasteiger partial charge in [-0.2, -0.15) is 0 Å². The lowest BCUT2D eigenvalue weighted by Crippen LogP contribution is -2.42. The van der Waals surface area contributed by atoms with Gasteiger partial charge >= 0.3 is 0 Å². The van der Waals surface area contributed by atoms with Crippen LogP contribution in [0.1, 0.15) is 45.2 Å². The molecule has 1 amide bonds. The average Bonchev–Trinajstić information content (AvgIpc) is 2.87. The van der Waals surface area contributed by atoms with Gasteiger partial charge in [0, 0.05) is 38.3 Å². The molecule has 1 saturated carbocycles. The predicted molar refractivity (Wildman–Crippen MR) is 91.7 cm³/mol. The Balaban J connectivity index is 1.56. The van der Waals surface area contributed by atoms with E-state index in [1.165, 1.54) is 19.3 Å². The molecule has 1 aliphatic heterocycles. The molecule has 3 rings (SSSR count). The largest absolute Gasteiger partial charge is 0.352 e. The Morgan fingerprint density at radius 3 is 2.78 bits per heavy atom. The first-order valence-corrected chi connectivity index (χ1v) is 9.03. The Bertz CT molecular complexity index is 513. The van der Waals surface area contributed by atoms with E-state index in [1.54, 1.807) is 0 Å². The zero-order chi connectivity index (χ0) is 16.2. The van der Waals surface area contributed by atoms with Crippen molar-refractivity contribution in [1.82, 2.24) is 15.2 Å². The van der Waals surface area contributed by atoms with Crippen LogP contribution in [0.5, 0.6) is 0 Å². The van der Waals surface area contributed by atoms with Gasteiger partial charge in [0.25, 0.3) is 0 Å². The molecule has 2 atom stereocenters. The van der Waals surface area contributed by atoms with Crippen LogP contribution in [0.4, 0.5) is 0 Å². The van der Waals surface area contributed by atoms with Gasteiger partial charge in [0.05, 0.1) is 5.69 Å². The third-order valence-electron chi connectivity index (χ3n) is 5.45. The van der Waals surface area contributed by atoms with Crippen molar-refractivity contribution in [3.8, 4) is 0 Å². The van der Waals surface area contributed by atoms with E-state index in [0.717, 1.165) is 31.7 Å². The molecule has 1 aliphatic carbocycles. The number of carbonyl (C=O) groups excluding carboxylic acids is 1. The summed E-state index contributed by atoms with van der Waals surface area (Å²) in [5, 5.41) is 3.32. The summed E-state index contributed by atoms with van der Waals surface area (Å²) in [5.41, 5.74) is 1.11. The van der Waals surface area contributed by atoms with Crippen molar-refractivity contribution >= 4 is 5.91 Å². The van der Waals surface area contributed by atoms with E-state index in [-0.39, 0.29) is 11.9 Å². The average molecular weight is 315 g/mol. The van der Waals surface area contributed by atoms with Crippen molar-refractivity contribution in [1.29, 1.82) is 0 Å². The molecule has 0 bridgehead atoms. The molecule has 1 N–H and O–H groups in total. The second kappa shape index (κ2) is 7.43. The van der Waals surface area contributed by atoms with Crippen molar-refractivity contribution in [2.24, 2.45) is 17.8 Å². The maximum atomic E-state index is 12.3. The zero-order valence-corrected chi connectivity index (χ0v) is 14.4. The van der Waals surface area contributed by atoms with Crippen molar-refractivity contribution in [3.63, 3.8) is 0 Å². The van der Waals surface area contributed by atoms with Gasteiger partial charge in [-0.3, -0.25) is 14.7 Å². The monoisotopic (exact) mass is 315 g/mol. The number of nitrogens with zero attached hydrogens (tertiary/aromatic N) is 2. The SMILES string of the molecule is CC(C)[C@H]1CN(Cc2ccccn2)C[C@@H]1NC(=O)CC1CCC1. The molecule has 1 aromatic heterocycles. The van der Waals surface area contributed by atoms with E-state index in [2.05, 4.69) is 35.1 Å². The minimum atomic E-state index is 0.255. The number of amides is 1. The van der Waals surface area contributed by atoms with E-state index >= 15 is 0 Å². The molecule has 23 heavy (non-hydrogen) atoms. The lowest BCUT2D eigenvalue weighted by atomic mass is 9.82. The number of aromatic nitrogens is 1. The molecule has 126 valence electrons. The van der Waals surface area contributed by atoms with Crippen molar-refractivity contribution in [2.75, 3.05) is 13.1 Å². The van der Waals surface area contributed by atoms with Crippen LogP contribution >= 0.6 is 0 Å². The number of rotatable bonds is 6. The molecular weight excluding hydrogens is 286 g/mol. The van der Waals surface area contributed by atoms with E-state index in [9.17, 15) is 4.79 Å². The van der Waals surface area contributed by atoms with E-state index < -0.39 is 0 Å². The van der Waals surface area contributed by atoms with Crippen molar-refractivity contribution < 1.29 is 4.79 Å². The lowest BCUT2D eigenvalue weighted by molar-refractivity contribution is -0.123. The number of carbonyl (C=O) groups is 1. The summed E-state index contributed by atoms with van der Waals surface area (Å²) in [6.07, 6.45) is 6.34. The highest BCUT2D eigenvalue weighted by Gasteiger charge is 2.36. The van der Waals surface area contributed by atoms with Gasteiger partial charge in [-0.25, -0.2) is 0 Å². The van der Waals surface area contributed by atoms with E-state index in [4.69, 9.17) is 0 Å². The van der Waals surface area contributed by atoms with E-state index in [0.29, 0.717) is 17.8 Å². The molecule has 1 saturated heterocycles. The molecule has 2 aliphatic rings. The Labute approximate surface area is 139 Å². The summed E-state index contributed by atoms with van der Waals surface area (Å²) in [7, 11) is 0. The van der Waals surface area contributed by atoms with Crippen LogP contribution in [-0.4, -0.2) is 34.9 Å². The maximum Gasteiger partial charge on any atom is 0.220 e. The van der Waals surface area contributed by atoms with Gasteiger partial charge in [0.1, 0.15) is 0 Å². The van der Waals surface area contributed by atoms with Crippen LogP contribution < -0.4 is 5.32 Å². The van der Waals surface area contributed by atoms with Crippen LogP contribution in [0, 0.1) is 17.8 Å². The molecule has 0 unspecified atom stereocenters. The van der Waals surface area contributed by atoms with Gasteiger partial charge in [-0.05, 0) is 42.7 Å². The number of pyridine rings is 1. The van der Waals surface area contributed by atoms with Crippen LogP contribution in [0.25, 0.3) is 0 Å². The zero-order valence-electron chi connectivity index (χ0n) is 14.4. The second-order valence-electron chi connectivity index (χ2n) is 7.60. The molecule has 0 radical (unpaired) electrons. The van der Waals surface area contributed by atoms with Gasteiger partial charge in [0.2, 0.25) is 5.91 Å². The molecule has 0 spiro atoms. The molecular formula is C19H29N3O. The van der Waals surface area contributed by atoms with E-state index in [1.807, 2.05) is 18.3 Å². The van der Waals surface area contributed by atoms with Crippen LogP contribution in [0.2, 0.25) is 0 Å². The summed E-state index contributed by atoms with van der Waals surface area (Å²) >= 11 is 0. The minimum absolute atomic E-state index is 0.255. The van der Waals surface area contributed by atoms with Crippen LogP contribution in [0.15, 0.2) is 24.4 Å². The molecule has 0 aromatic carbocycles. The highest BCUT2D eigenvalue weighted by Crippen LogP contribution is 2.30. The van der Waals surface area contributed by atoms with Crippen LogP contribution in [0.3, 0.4) is 0 Å². The summed E-state index contributed by atoms with van der Waals surface area (Å²) in [6, 6.07) is 6.35. The number of hydrogen-bond donors (Lipinski definition) is 1. The topological polar surface area (TPSA) is 45.2 Å². The highest BCUT2D eigenvalue weighted by molar-refractivity contribution is 5.76. The smallest absolute Gasteiger partial charge is 0.220 e. The fourth-order valence-electron chi connectivity index (χ4n) is 3.82. The normalized spacial score (nSPS) is 25.5. The second-order valence-corrected chi connectivity index (χ2v) is 7.60. The summed E-state index contributed by atoms with van der Waals surface area (Å²) < 4.78 is 0. The Morgan fingerprint density at radius 2 is 2.17 bits per heavy atom. The first-order valence-electron chi connectivity index (χ1n) is 9.03. The maximum absolute atomic E-state index is 12.3. The third kappa shape index (κ3) is 4.31. The summed E-state index contributed by atoms with van der Waals surface area (Å²) in [5.74, 6) is 2.00. The van der Waals surface area contributed by atoms with Gasteiger partial charge < -0.3 is 5.32 Å². The van der Waals surface area contributed by atoms with Gasteiger partial charge in [-0.15, -0.1) is 0 Å². The van der Waals surface area contributed by atoms with Gasteiger partial charge in [0.15, 0.2) is 0 Å². The molecule has 1 aromatic rings. The third-order valence-corrected chi connectivity index (χ3v) is 5.45. The molecule has 2 heterocycles.